The van der Waals surface area contributed by atoms with Crippen LogP contribution in [0.1, 0.15) is 25.8 Å². The zero-order valence-corrected chi connectivity index (χ0v) is 12.2. The van der Waals surface area contributed by atoms with Crippen molar-refractivity contribution in [3.63, 3.8) is 0 Å². The number of carbonyl (C=O) groups excluding carboxylic acids is 2. The Morgan fingerprint density at radius 2 is 2.05 bits per heavy atom. The Bertz CT molecular complexity index is 505. The molecule has 21 heavy (non-hydrogen) atoms. The smallest absolute Gasteiger partial charge is 0.249 e. The van der Waals surface area contributed by atoms with Crippen molar-refractivity contribution in [1.82, 2.24) is 5.32 Å². The van der Waals surface area contributed by atoms with E-state index in [9.17, 15) is 19.1 Å². The predicted molar refractivity (Wildman–Crippen MR) is 76.7 cm³/mol. The maximum absolute atomic E-state index is 13.1. The number of halogens is 1. The molecule has 0 saturated heterocycles. The molecular formula is C15H21FN2O3. The lowest BCUT2D eigenvalue weighted by atomic mass is 10.0. The van der Waals surface area contributed by atoms with Crippen LogP contribution in [0.5, 0.6) is 0 Å². The van der Waals surface area contributed by atoms with E-state index in [0.29, 0.717) is 5.56 Å². The standard InChI is InChI=1S/C15H21FN2O3/c1-9(2)6-13(19)15(21)18-12(14(17)20)8-10-4-3-5-11(16)7-10/h3-5,7,9,12-13,19H,6,8H2,1-2H3,(H2,17,20)(H,18,21)/t12-,13+/m1/s1. The lowest BCUT2D eigenvalue weighted by Gasteiger charge is -2.19. The molecule has 0 spiro atoms. The van der Waals surface area contributed by atoms with E-state index in [1.54, 1.807) is 6.07 Å². The van der Waals surface area contributed by atoms with Gasteiger partial charge in [-0.3, -0.25) is 9.59 Å². The molecule has 2 atom stereocenters. The fourth-order valence-electron chi connectivity index (χ4n) is 1.94. The first-order valence-corrected chi connectivity index (χ1v) is 6.81. The van der Waals surface area contributed by atoms with Gasteiger partial charge in [0.15, 0.2) is 0 Å². The van der Waals surface area contributed by atoms with E-state index in [0.717, 1.165) is 0 Å². The number of benzene rings is 1. The molecule has 5 nitrogen and oxygen atoms in total. The van der Waals surface area contributed by atoms with Crippen molar-refractivity contribution in [1.29, 1.82) is 0 Å². The molecule has 2 amide bonds. The first-order valence-electron chi connectivity index (χ1n) is 6.81. The summed E-state index contributed by atoms with van der Waals surface area (Å²) in [7, 11) is 0. The molecule has 1 aromatic rings. The average molecular weight is 296 g/mol. The van der Waals surface area contributed by atoms with Crippen LogP contribution in [0.3, 0.4) is 0 Å². The quantitative estimate of drug-likeness (QED) is 0.693. The van der Waals surface area contributed by atoms with Crippen LogP contribution in [0.2, 0.25) is 0 Å². The molecule has 0 bridgehead atoms. The van der Waals surface area contributed by atoms with Crippen molar-refractivity contribution in [2.75, 3.05) is 0 Å². The molecule has 0 fully saturated rings. The third-order valence-corrected chi connectivity index (χ3v) is 2.99. The van der Waals surface area contributed by atoms with Gasteiger partial charge in [-0.25, -0.2) is 4.39 Å². The highest BCUT2D eigenvalue weighted by Crippen LogP contribution is 2.08. The fourth-order valence-corrected chi connectivity index (χ4v) is 1.94. The fraction of sp³-hybridized carbons (Fsp3) is 0.467. The molecule has 116 valence electrons. The van der Waals surface area contributed by atoms with E-state index >= 15 is 0 Å². The number of aliphatic hydroxyl groups excluding tert-OH is 1. The largest absolute Gasteiger partial charge is 0.383 e. The second kappa shape index (κ2) is 7.73. The van der Waals surface area contributed by atoms with E-state index in [2.05, 4.69) is 5.32 Å². The lowest BCUT2D eigenvalue weighted by Crippen LogP contribution is -2.49. The van der Waals surface area contributed by atoms with Gasteiger partial charge in [-0.15, -0.1) is 0 Å². The summed E-state index contributed by atoms with van der Waals surface area (Å²) >= 11 is 0. The maximum atomic E-state index is 13.1. The summed E-state index contributed by atoms with van der Waals surface area (Å²) in [6, 6.07) is 4.72. The topological polar surface area (TPSA) is 92.4 Å². The van der Waals surface area contributed by atoms with Gasteiger partial charge in [-0.05, 0) is 30.0 Å². The first-order chi connectivity index (χ1) is 9.79. The van der Waals surface area contributed by atoms with Crippen LogP contribution in [0.4, 0.5) is 4.39 Å². The Hall–Kier alpha value is -1.95. The van der Waals surface area contributed by atoms with Crippen LogP contribution in [0, 0.1) is 11.7 Å². The molecule has 6 heteroatoms. The number of amides is 2. The van der Waals surface area contributed by atoms with Crippen LogP contribution in [0.25, 0.3) is 0 Å². The van der Waals surface area contributed by atoms with E-state index in [1.165, 1.54) is 18.2 Å². The Morgan fingerprint density at radius 3 is 2.57 bits per heavy atom. The summed E-state index contributed by atoms with van der Waals surface area (Å²) in [4.78, 5) is 23.2. The van der Waals surface area contributed by atoms with E-state index in [-0.39, 0.29) is 18.8 Å². The van der Waals surface area contributed by atoms with Gasteiger partial charge in [0.1, 0.15) is 18.0 Å². The van der Waals surface area contributed by atoms with Crippen molar-refractivity contribution >= 4 is 11.8 Å². The van der Waals surface area contributed by atoms with Crippen molar-refractivity contribution in [2.24, 2.45) is 11.7 Å². The number of aliphatic hydroxyl groups is 1. The third kappa shape index (κ3) is 5.91. The van der Waals surface area contributed by atoms with E-state index < -0.39 is 29.8 Å². The second-order valence-electron chi connectivity index (χ2n) is 5.44. The summed E-state index contributed by atoms with van der Waals surface area (Å²) < 4.78 is 13.1. The Labute approximate surface area is 123 Å². The van der Waals surface area contributed by atoms with E-state index in [4.69, 9.17) is 5.73 Å². The number of nitrogens with two attached hydrogens (primary N) is 1. The second-order valence-corrected chi connectivity index (χ2v) is 5.44. The van der Waals surface area contributed by atoms with Gasteiger partial charge in [-0.1, -0.05) is 26.0 Å². The molecule has 0 unspecified atom stereocenters. The number of rotatable bonds is 7. The molecule has 0 aliphatic heterocycles. The minimum Gasteiger partial charge on any atom is -0.383 e. The van der Waals surface area contributed by atoms with Gasteiger partial charge in [0.05, 0.1) is 0 Å². The van der Waals surface area contributed by atoms with Crippen LogP contribution in [0.15, 0.2) is 24.3 Å². The highest BCUT2D eigenvalue weighted by Gasteiger charge is 2.23. The van der Waals surface area contributed by atoms with Crippen molar-refractivity contribution in [3.8, 4) is 0 Å². The molecule has 0 heterocycles. The normalized spacial score (nSPS) is 13.8. The SMILES string of the molecule is CC(C)C[C@H](O)C(=O)N[C@H](Cc1cccc(F)c1)C(N)=O. The van der Waals surface area contributed by atoms with Crippen molar-refractivity contribution < 1.29 is 19.1 Å². The summed E-state index contributed by atoms with van der Waals surface area (Å²) in [5.41, 5.74) is 5.78. The molecule has 0 radical (unpaired) electrons. The third-order valence-electron chi connectivity index (χ3n) is 2.99. The Kier molecular flexibility index (Phi) is 6.30. The maximum Gasteiger partial charge on any atom is 0.249 e. The molecule has 1 aromatic carbocycles. The summed E-state index contributed by atoms with van der Waals surface area (Å²) in [5.74, 6) is -1.67. The number of hydrogen-bond donors (Lipinski definition) is 3. The molecule has 0 aromatic heterocycles. The van der Waals surface area contributed by atoms with Gasteiger partial charge in [-0.2, -0.15) is 0 Å². The zero-order valence-electron chi connectivity index (χ0n) is 12.2. The minimum absolute atomic E-state index is 0.0766. The van der Waals surface area contributed by atoms with Gasteiger partial charge in [0.25, 0.3) is 0 Å². The highest BCUT2D eigenvalue weighted by atomic mass is 19.1. The highest BCUT2D eigenvalue weighted by molar-refractivity contribution is 5.88. The summed E-state index contributed by atoms with van der Waals surface area (Å²) in [6.07, 6.45) is -0.829. The molecule has 0 saturated carbocycles. The Balaban J connectivity index is 2.70. The van der Waals surface area contributed by atoms with Gasteiger partial charge in [0, 0.05) is 6.42 Å². The minimum atomic E-state index is -1.20. The summed E-state index contributed by atoms with van der Waals surface area (Å²) in [6.45, 7) is 3.74. The van der Waals surface area contributed by atoms with Gasteiger partial charge >= 0.3 is 0 Å². The molecule has 0 aliphatic rings. The predicted octanol–water partition coefficient (Wildman–Crippen LogP) is 0.745. The first kappa shape index (κ1) is 17.1. The number of hydrogen-bond acceptors (Lipinski definition) is 3. The van der Waals surface area contributed by atoms with Gasteiger partial charge in [0.2, 0.25) is 11.8 Å². The number of nitrogens with one attached hydrogen (secondary N) is 1. The van der Waals surface area contributed by atoms with Gasteiger partial charge < -0.3 is 16.2 Å². The summed E-state index contributed by atoms with van der Waals surface area (Å²) in [5, 5.41) is 12.1. The van der Waals surface area contributed by atoms with Crippen molar-refractivity contribution in [3.05, 3.63) is 35.6 Å². The van der Waals surface area contributed by atoms with Crippen LogP contribution < -0.4 is 11.1 Å². The van der Waals surface area contributed by atoms with Crippen LogP contribution >= 0.6 is 0 Å². The molecule has 0 aliphatic carbocycles. The van der Waals surface area contributed by atoms with Crippen LogP contribution in [-0.2, 0) is 16.0 Å². The molecular weight excluding hydrogens is 275 g/mol. The Morgan fingerprint density at radius 1 is 1.38 bits per heavy atom. The monoisotopic (exact) mass is 296 g/mol. The average Bonchev–Trinajstić information content (AvgIpc) is 2.36. The molecule has 4 N–H and O–H groups in total. The molecule has 1 rings (SSSR count). The van der Waals surface area contributed by atoms with E-state index in [1.807, 2.05) is 13.8 Å². The lowest BCUT2D eigenvalue weighted by molar-refractivity contribution is -0.133. The van der Waals surface area contributed by atoms with Crippen molar-refractivity contribution in [2.45, 2.75) is 38.8 Å². The number of primary amides is 1. The van der Waals surface area contributed by atoms with Crippen LogP contribution in [-0.4, -0.2) is 29.1 Å². The zero-order chi connectivity index (χ0) is 16.0. The number of carbonyl (C=O) groups is 2.